The van der Waals surface area contributed by atoms with E-state index in [0.717, 1.165) is 16.7 Å². The van der Waals surface area contributed by atoms with Crippen molar-refractivity contribution in [2.75, 3.05) is 13.6 Å². The summed E-state index contributed by atoms with van der Waals surface area (Å²) in [4.78, 5) is 57.1. The van der Waals surface area contributed by atoms with E-state index in [1.54, 1.807) is 11.9 Å². The summed E-state index contributed by atoms with van der Waals surface area (Å²) < 4.78 is 0. The summed E-state index contributed by atoms with van der Waals surface area (Å²) in [5.41, 5.74) is 2.44. The molecule has 5 atom stereocenters. The molecule has 4 unspecified atom stereocenters. The van der Waals surface area contributed by atoms with Gasteiger partial charge < -0.3 is 31.5 Å². The molecule has 0 saturated carbocycles. The zero-order valence-electron chi connectivity index (χ0n) is 28.9. The summed E-state index contributed by atoms with van der Waals surface area (Å²) >= 11 is 0. The third-order valence-electron chi connectivity index (χ3n) is 9.48. The molecule has 5 N–H and O–H groups in total. The lowest BCUT2D eigenvalue weighted by atomic mass is 9.92. The van der Waals surface area contributed by atoms with Crippen LogP contribution in [0, 0.1) is 5.92 Å². The molecule has 5 amide bonds. The van der Waals surface area contributed by atoms with E-state index in [4.69, 9.17) is 0 Å². The van der Waals surface area contributed by atoms with Gasteiger partial charge in [-0.2, -0.15) is 0 Å². The highest BCUT2D eigenvalue weighted by Gasteiger charge is 2.48. The molecule has 0 aromatic heterocycles. The van der Waals surface area contributed by atoms with Gasteiger partial charge in [-0.15, -0.1) is 0 Å². The highest BCUT2D eigenvalue weighted by atomic mass is 16.2. The van der Waals surface area contributed by atoms with Crippen molar-refractivity contribution in [3.05, 3.63) is 108 Å². The Kier molecular flexibility index (Phi) is 11.7. The number of amides is 5. The number of nitrogens with zero attached hydrogens (tertiary/aromatic N) is 1. The highest BCUT2D eigenvalue weighted by molar-refractivity contribution is 5.94. The van der Waals surface area contributed by atoms with Gasteiger partial charge in [-0.05, 0) is 76.6 Å². The van der Waals surface area contributed by atoms with Crippen LogP contribution in [-0.2, 0) is 20.8 Å². The largest absolute Gasteiger partial charge is 0.343 e. The van der Waals surface area contributed by atoms with Crippen molar-refractivity contribution < 1.29 is 19.2 Å². The van der Waals surface area contributed by atoms with Crippen LogP contribution in [0.4, 0.5) is 4.79 Å². The lowest BCUT2D eigenvalue weighted by Gasteiger charge is -2.33. The lowest BCUT2D eigenvalue weighted by molar-refractivity contribution is -0.143. The zero-order valence-corrected chi connectivity index (χ0v) is 28.9. The van der Waals surface area contributed by atoms with Crippen molar-refractivity contribution in [1.82, 2.24) is 31.5 Å². The quantitative estimate of drug-likeness (QED) is 0.211. The molecule has 2 aliphatic rings. The monoisotopic (exact) mass is 666 g/mol. The van der Waals surface area contributed by atoms with E-state index < -0.39 is 23.7 Å². The second-order valence-corrected chi connectivity index (χ2v) is 14.2. The van der Waals surface area contributed by atoms with Crippen molar-refractivity contribution in [1.29, 1.82) is 0 Å². The first-order chi connectivity index (χ1) is 23.5. The Hall–Kier alpha value is -4.70. The predicted octanol–water partition coefficient (Wildman–Crippen LogP) is 4.08. The molecule has 0 bridgehead atoms. The zero-order chi connectivity index (χ0) is 35.0. The van der Waals surface area contributed by atoms with Crippen LogP contribution in [0.5, 0.6) is 0 Å². The fourth-order valence-corrected chi connectivity index (χ4v) is 7.02. The summed E-state index contributed by atoms with van der Waals surface area (Å²) in [7, 11) is 1.73. The standard InChI is InChI=1S/C39H50N6O4/c1-39(2,3)44-38(49)41-25-29-20-21-30-22-23-32(36(47)42-33(27-16-10-6-11-17-27)28-18-12-7-13-19-28)45(30)37(48)34(29)43-35(46)31(40-4)24-26-14-8-5-9-15-26/h5-19,29-34,40H,20-25H2,1-4H3,(H,42,47)(H,43,46)(H2,41,44,49)/t29?,30?,31?,32-,34?/m0/s1. The fraction of sp³-hybridized carbons (Fsp3) is 0.436. The third kappa shape index (κ3) is 9.26. The van der Waals surface area contributed by atoms with Gasteiger partial charge >= 0.3 is 6.03 Å². The van der Waals surface area contributed by atoms with E-state index in [1.165, 1.54) is 0 Å². The second-order valence-electron chi connectivity index (χ2n) is 14.2. The van der Waals surface area contributed by atoms with Crippen LogP contribution in [-0.4, -0.2) is 72.0 Å². The SMILES string of the molecule is CNC(Cc1ccccc1)C(=O)NC1C(=O)N2C(CCC1CNC(=O)NC(C)(C)C)CC[C@H]2C(=O)NC(c1ccccc1)c1ccccc1. The van der Waals surface area contributed by atoms with Gasteiger partial charge in [0.1, 0.15) is 12.1 Å². The Morgan fingerprint density at radius 2 is 1.39 bits per heavy atom. The molecule has 0 radical (unpaired) electrons. The van der Waals surface area contributed by atoms with Crippen LogP contribution in [0.1, 0.15) is 69.2 Å². The molecular weight excluding hydrogens is 616 g/mol. The van der Waals surface area contributed by atoms with Crippen molar-refractivity contribution in [2.24, 2.45) is 5.92 Å². The maximum atomic E-state index is 14.6. The van der Waals surface area contributed by atoms with Gasteiger partial charge in [0, 0.05) is 24.0 Å². The Labute approximate surface area is 289 Å². The molecule has 0 aliphatic carbocycles. The van der Waals surface area contributed by atoms with Gasteiger partial charge in [0.25, 0.3) is 0 Å². The average Bonchev–Trinajstić information content (AvgIpc) is 3.48. The Morgan fingerprint density at radius 1 is 0.816 bits per heavy atom. The van der Waals surface area contributed by atoms with Gasteiger partial charge in [-0.25, -0.2) is 4.79 Å². The average molecular weight is 667 g/mol. The number of hydrogen-bond donors (Lipinski definition) is 5. The van der Waals surface area contributed by atoms with Crippen molar-refractivity contribution in [3.8, 4) is 0 Å². The van der Waals surface area contributed by atoms with Crippen molar-refractivity contribution in [3.63, 3.8) is 0 Å². The number of nitrogens with one attached hydrogen (secondary N) is 5. The summed E-state index contributed by atoms with van der Waals surface area (Å²) in [6.45, 7) is 5.89. The fourth-order valence-electron chi connectivity index (χ4n) is 7.02. The van der Waals surface area contributed by atoms with Gasteiger partial charge in [-0.1, -0.05) is 91.0 Å². The topological polar surface area (TPSA) is 132 Å². The molecule has 0 spiro atoms. The molecule has 2 aliphatic heterocycles. The Bertz CT molecular complexity index is 1520. The first kappa shape index (κ1) is 35.6. The first-order valence-corrected chi connectivity index (χ1v) is 17.3. The minimum atomic E-state index is -0.925. The predicted molar refractivity (Wildman–Crippen MR) is 190 cm³/mol. The number of benzene rings is 3. The molecular formula is C39H50N6O4. The summed E-state index contributed by atoms with van der Waals surface area (Å²) in [5.74, 6) is -1.19. The number of carbonyl (C=O) groups is 4. The van der Waals surface area contributed by atoms with Gasteiger partial charge in [-0.3, -0.25) is 14.4 Å². The van der Waals surface area contributed by atoms with Gasteiger partial charge in [0.2, 0.25) is 17.7 Å². The molecule has 2 fully saturated rings. The van der Waals surface area contributed by atoms with Crippen LogP contribution in [0.2, 0.25) is 0 Å². The van der Waals surface area contributed by atoms with Crippen LogP contribution < -0.4 is 26.6 Å². The summed E-state index contributed by atoms with van der Waals surface area (Å²) in [6, 6.07) is 26.2. The maximum absolute atomic E-state index is 14.6. The van der Waals surface area contributed by atoms with E-state index in [0.29, 0.717) is 32.1 Å². The molecule has 5 rings (SSSR count). The minimum absolute atomic E-state index is 0.146. The molecule has 2 saturated heterocycles. The van der Waals surface area contributed by atoms with Crippen molar-refractivity contribution >= 4 is 23.8 Å². The van der Waals surface area contributed by atoms with Gasteiger partial charge in [0.05, 0.1) is 12.1 Å². The van der Waals surface area contributed by atoms with Crippen LogP contribution >= 0.6 is 0 Å². The number of carbonyl (C=O) groups excluding carboxylic acids is 4. The Morgan fingerprint density at radius 3 is 1.96 bits per heavy atom. The highest BCUT2D eigenvalue weighted by Crippen LogP contribution is 2.35. The third-order valence-corrected chi connectivity index (χ3v) is 9.48. The van der Waals surface area contributed by atoms with Crippen molar-refractivity contribution in [2.45, 2.75) is 88.6 Å². The van der Waals surface area contributed by atoms with E-state index >= 15 is 0 Å². The van der Waals surface area contributed by atoms with Crippen LogP contribution in [0.15, 0.2) is 91.0 Å². The summed E-state index contributed by atoms with van der Waals surface area (Å²) in [5, 5.41) is 15.3. The number of rotatable bonds is 11. The molecule has 10 nitrogen and oxygen atoms in total. The smallest absolute Gasteiger partial charge is 0.315 e. The molecule has 10 heteroatoms. The normalized spacial score (nSPS) is 21.3. The first-order valence-electron chi connectivity index (χ1n) is 17.3. The van der Waals surface area contributed by atoms with E-state index in [1.807, 2.05) is 112 Å². The number of urea groups is 1. The summed E-state index contributed by atoms with van der Waals surface area (Å²) in [6.07, 6.45) is 2.92. The Balaban J connectivity index is 1.39. The molecule has 3 aromatic carbocycles. The lowest BCUT2D eigenvalue weighted by Crippen LogP contribution is -2.60. The molecule has 2 heterocycles. The number of hydrogen-bond acceptors (Lipinski definition) is 5. The van der Waals surface area contributed by atoms with Crippen LogP contribution in [0.3, 0.4) is 0 Å². The van der Waals surface area contributed by atoms with Crippen LogP contribution in [0.25, 0.3) is 0 Å². The number of fused-ring (bicyclic) bond motifs is 1. The number of likely N-dealkylation sites (N-methyl/N-ethyl adjacent to an activating group) is 1. The molecule has 3 aromatic rings. The maximum Gasteiger partial charge on any atom is 0.315 e. The van der Waals surface area contributed by atoms with Gasteiger partial charge in [0.15, 0.2) is 0 Å². The van der Waals surface area contributed by atoms with E-state index in [-0.39, 0.29) is 48.3 Å². The molecule has 260 valence electrons. The minimum Gasteiger partial charge on any atom is -0.343 e. The molecule has 49 heavy (non-hydrogen) atoms. The second kappa shape index (κ2) is 16.1. The van der Waals surface area contributed by atoms with E-state index in [9.17, 15) is 19.2 Å². The van der Waals surface area contributed by atoms with E-state index in [2.05, 4.69) is 26.6 Å².